The number of nitrogens with zero attached hydrogens (tertiary/aromatic N) is 1. The van der Waals surface area contributed by atoms with Crippen molar-refractivity contribution >= 4 is 11.9 Å². The van der Waals surface area contributed by atoms with Gasteiger partial charge in [0, 0.05) is 12.0 Å². The standard InChI is InChI=1S/C27H28FNO5/c1-25(2,3)34-23(30)14-13-22-26(4,5)27(22,24(31)32)19(16-29)17-11-12-20(28)21(15-17)33-18-9-7-6-8-10-18/h6-15,19,22H,1-5H3,(H,31,32)/b14-13-/t19-,22-,27+/m0/s1. The zero-order chi connectivity index (χ0) is 25.3. The molecule has 3 rings (SSSR count). The van der Waals surface area contributed by atoms with Crippen LogP contribution in [0, 0.1) is 33.9 Å². The molecule has 0 aliphatic heterocycles. The molecule has 6 nitrogen and oxygen atoms in total. The lowest BCUT2D eigenvalue weighted by atomic mass is 9.78. The topological polar surface area (TPSA) is 96.6 Å². The van der Waals surface area contributed by atoms with Gasteiger partial charge in [-0.1, -0.05) is 44.2 Å². The van der Waals surface area contributed by atoms with E-state index in [0.717, 1.165) is 6.07 Å². The summed E-state index contributed by atoms with van der Waals surface area (Å²) in [5.74, 6) is -3.84. The van der Waals surface area contributed by atoms with Crippen LogP contribution in [-0.4, -0.2) is 22.6 Å². The summed E-state index contributed by atoms with van der Waals surface area (Å²) in [6.07, 6.45) is 2.71. The number of halogens is 1. The highest BCUT2D eigenvalue weighted by Gasteiger charge is 2.78. The molecule has 0 radical (unpaired) electrons. The quantitative estimate of drug-likeness (QED) is 0.407. The lowest BCUT2D eigenvalue weighted by Crippen LogP contribution is -2.29. The first kappa shape index (κ1) is 25.0. The Morgan fingerprint density at radius 3 is 2.38 bits per heavy atom. The van der Waals surface area contributed by atoms with Crippen molar-refractivity contribution in [3.63, 3.8) is 0 Å². The highest BCUT2D eigenvalue weighted by atomic mass is 19.1. The molecule has 0 bridgehead atoms. The van der Waals surface area contributed by atoms with Crippen LogP contribution in [0.25, 0.3) is 0 Å². The predicted octanol–water partition coefficient (Wildman–Crippen LogP) is 5.85. The molecule has 1 fully saturated rings. The van der Waals surface area contributed by atoms with E-state index in [1.165, 1.54) is 24.3 Å². The Kier molecular flexibility index (Phi) is 6.57. The fraction of sp³-hybridized carbons (Fsp3) is 0.370. The molecule has 0 unspecified atom stereocenters. The second-order valence-electron chi connectivity index (χ2n) is 9.93. The number of hydrogen-bond donors (Lipinski definition) is 1. The van der Waals surface area contributed by atoms with E-state index in [1.807, 2.05) is 0 Å². The molecule has 2 aromatic carbocycles. The van der Waals surface area contributed by atoms with Crippen LogP contribution in [0.2, 0.25) is 0 Å². The van der Waals surface area contributed by atoms with E-state index in [2.05, 4.69) is 6.07 Å². The Labute approximate surface area is 198 Å². The Bertz CT molecular complexity index is 1160. The van der Waals surface area contributed by atoms with Crippen molar-refractivity contribution in [2.45, 2.75) is 46.1 Å². The van der Waals surface area contributed by atoms with Crippen LogP contribution in [0.15, 0.2) is 60.7 Å². The number of carboxylic acid groups (broad SMARTS) is 1. The van der Waals surface area contributed by atoms with Crippen LogP contribution in [-0.2, 0) is 14.3 Å². The van der Waals surface area contributed by atoms with E-state index in [1.54, 1.807) is 65.0 Å². The molecule has 178 valence electrons. The van der Waals surface area contributed by atoms with Gasteiger partial charge in [-0.3, -0.25) is 4.79 Å². The fourth-order valence-electron chi connectivity index (χ4n) is 4.66. The summed E-state index contributed by atoms with van der Waals surface area (Å²) in [6.45, 7) is 8.67. The molecule has 1 saturated carbocycles. The van der Waals surface area contributed by atoms with Gasteiger partial charge in [0.25, 0.3) is 0 Å². The fourth-order valence-corrected chi connectivity index (χ4v) is 4.66. The number of ether oxygens (including phenoxy) is 2. The largest absolute Gasteiger partial charge is 0.481 e. The van der Waals surface area contributed by atoms with E-state index in [9.17, 15) is 24.3 Å². The van der Waals surface area contributed by atoms with Crippen LogP contribution in [0.4, 0.5) is 4.39 Å². The van der Waals surface area contributed by atoms with Gasteiger partial charge in [-0.25, -0.2) is 9.18 Å². The zero-order valence-electron chi connectivity index (χ0n) is 19.8. The Balaban J connectivity index is 1.98. The van der Waals surface area contributed by atoms with Gasteiger partial charge in [0.2, 0.25) is 0 Å². The summed E-state index contributed by atoms with van der Waals surface area (Å²) in [7, 11) is 0. The summed E-state index contributed by atoms with van der Waals surface area (Å²) in [5.41, 5.74) is -2.75. The normalized spacial score (nSPS) is 22.0. The first-order valence-corrected chi connectivity index (χ1v) is 10.9. The third kappa shape index (κ3) is 4.54. The van der Waals surface area contributed by atoms with Gasteiger partial charge in [-0.15, -0.1) is 0 Å². The lowest BCUT2D eigenvalue weighted by Gasteiger charge is -2.22. The third-order valence-electron chi connectivity index (χ3n) is 6.28. The van der Waals surface area contributed by atoms with Gasteiger partial charge >= 0.3 is 11.9 Å². The highest BCUT2D eigenvalue weighted by molar-refractivity contribution is 5.86. The molecule has 34 heavy (non-hydrogen) atoms. The maximum Gasteiger partial charge on any atom is 0.330 e. The average Bonchev–Trinajstić information content (AvgIpc) is 3.24. The number of carboxylic acids is 1. The minimum Gasteiger partial charge on any atom is -0.481 e. The first-order chi connectivity index (χ1) is 15.8. The molecule has 0 aromatic heterocycles. The number of esters is 1. The minimum absolute atomic E-state index is 0.108. The van der Waals surface area contributed by atoms with Crippen molar-refractivity contribution in [2.75, 3.05) is 0 Å². The van der Waals surface area contributed by atoms with Crippen molar-refractivity contribution in [3.8, 4) is 17.6 Å². The van der Waals surface area contributed by atoms with Crippen LogP contribution in [0.3, 0.4) is 0 Å². The van der Waals surface area contributed by atoms with Crippen LogP contribution in [0.5, 0.6) is 11.5 Å². The molecule has 0 saturated heterocycles. The van der Waals surface area contributed by atoms with Gasteiger partial charge in [0.15, 0.2) is 11.6 Å². The maximum atomic E-state index is 14.5. The molecular weight excluding hydrogens is 437 g/mol. The van der Waals surface area contributed by atoms with Gasteiger partial charge in [-0.2, -0.15) is 5.26 Å². The number of aliphatic carboxylic acids is 1. The molecular formula is C27H28FNO5. The predicted molar refractivity (Wildman–Crippen MR) is 124 cm³/mol. The van der Waals surface area contributed by atoms with Crippen molar-refractivity contribution in [1.82, 2.24) is 0 Å². The maximum absolute atomic E-state index is 14.5. The van der Waals surface area contributed by atoms with Crippen LogP contribution < -0.4 is 4.74 Å². The van der Waals surface area contributed by atoms with E-state index in [0.29, 0.717) is 11.3 Å². The molecule has 2 aromatic rings. The van der Waals surface area contributed by atoms with Crippen molar-refractivity contribution < 1.29 is 28.6 Å². The molecule has 3 atom stereocenters. The molecule has 1 N–H and O–H groups in total. The number of hydrogen-bond acceptors (Lipinski definition) is 5. The molecule has 0 spiro atoms. The molecule has 0 amide bonds. The highest BCUT2D eigenvalue weighted by Crippen LogP contribution is 2.75. The minimum atomic E-state index is -1.53. The van der Waals surface area contributed by atoms with E-state index < -0.39 is 46.0 Å². The lowest BCUT2D eigenvalue weighted by molar-refractivity contribution is -0.149. The van der Waals surface area contributed by atoms with Gasteiger partial charge in [0.1, 0.15) is 16.8 Å². The molecule has 1 aliphatic rings. The van der Waals surface area contributed by atoms with E-state index >= 15 is 0 Å². The summed E-state index contributed by atoms with van der Waals surface area (Å²) < 4.78 is 25.4. The summed E-state index contributed by atoms with van der Waals surface area (Å²) in [5, 5.41) is 20.3. The Morgan fingerprint density at radius 1 is 1.18 bits per heavy atom. The molecule has 7 heteroatoms. The smallest absolute Gasteiger partial charge is 0.330 e. The number of nitriles is 1. The summed E-state index contributed by atoms with van der Waals surface area (Å²) in [4.78, 5) is 24.8. The molecule has 1 aliphatic carbocycles. The second-order valence-corrected chi connectivity index (χ2v) is 9.93. The summed E-state index contributed by atoms with van der Waals surface area (Å²) in [6, 6.07) is 14.6. The molecule has 0 heterocycles. The van der Waals surface area contributed by atoms with Crippen molar-refractivity contribution in [3.05, 3.63) is 72.1 Å². The van der Waals surface area contributed by atoms with Gasteiger partial charge in [0.05, 0.1) is 12.0 Å². The van der Waals surface area contributed by atoms with Gasteiger partial charge < -0.3 is 14.6 Å². The van der Waals surface area contributed by atoms with Crippen molar-refractivity contribution in [2.24, 2.45) is 16.7 Å². The number of carbonyl (C=O) groups excluding carboxylic acids is 1. The number of allylic oxidation sites excluding steroid dienone is 1. The van der Waals surface area contributed by atoms with Crippen LogP contribution >= 0.6 is 0 Å². The summed E-state index contributed by atoms with van der Waals surface area (Å²) >= 11 is 0. The number of carbonyl (C=O) groups is 2. The van der Waals surface area contributed by atoms with Crippen LogP contribution in [0.1, 0.15) is 46.1 Å². The Morgan fingerprint density at radius 2 is 1.82 bits per heavy atom. The SMILES string of the molecule is CC(C)(C)OC(=O)/C=C\[C@H]1C(C)(C)[C@]1(C(=O)O)[C@@H](C#N)c1ccc(F)c(Oc2ccccc2)c1. The van der Waals surface area contributed by atoms with Crippen molar-refractivity contribution in [1.29, 1.82) is 5.26 Å². The third-order valence-corrected chi connectivity index (χ3v) is 6.28. The number of rotatable bonds is 7. The zero-order valence-corrected chi connectivity index (χ0v) is 19.8. The number of benzene rings is 2. The first-order valence-electron chi connectivity index (χ1n) is 10.9. The van der Waals surface area contributed by atoms with E-state index in [4.69, 9.17) is 9.47 Å². The van der Waals surface area contributed by atoms with Gasteiger partial charge in [-0.05, 0) is 56.0 Å². The number of para-hydroxylation sites is 1. The monoisotopic (exact) mass is 465 g/mol. The average molecular weight is 466 g/mol. The second kappa shape index (κ2) is 8.94. The Hall–Kier alpha value is -3.66. The van der Waals surface area contributed by atoms with E-state index in [-0.39, 0.29) is 5.75 Å².